The highest BCUT2D eigenvalue weighted by atomic mass is 19.1. The maximum atomic E-state index is 13.1. The Bertz CT molecular complexity index is 600. The van der Waals surface area contributed by atoms with E-state index in [1.165, 1.54) is 12.1 Å². The number of hydrazine groups is 1. The van der Waals surface area contributed by atoms with Crippen molar-refractivity contribution in [2.24, 2.45) is 5.84 Å². The largest absolute Gasteiger partial charge is 0.370 e. The van der Waals surface area contributed by atoms with Crippen molar-refractivity contribution in [2.75, 3.05) is 17.3 Å². The Morgan fingerprint density at radius 2 is 1.95 bits per heavy atom. The van der Waals surface area contributed by atoms with Crippen LogP contribution in [0.25, 0.3) is 0 Å². The zero-order valence-corrected chi connectivity index (χ0v) is 12.2. The molecule has 0 bridgehead atoms. The number of nitrogens with zero attached hydrogens (tertiary/aromatic N) is 2. The predicted molar refractivity (Wildman–Crippen MR) is 82.5 cm³/mol. The third kappa shape index (κ3) is 4.39. The number of hydrogen-bond acceptors (Lipinski definition) is 5. The van der Waals surface area contributed by atoms with Gasteiger partial charge in [-0.2, -0.15) is 0 Å². The summed E-state index contributed by atoms with van der Waals surface area (Å²) in [5.74, 6) is 7.41. The molecule has 1 aromatic carbocycles. The van der Waals surface area contributed by atoms with Crippen LogP contribution >= 0.6 is 0 Å². The molecule has 0 aliphatic heterocycles. The summed E-state index contributed by atoms with van der Waals surface area (Å²) >= 11 is 0. The Balaban J connectivity index is 2.01. The molecule has 0 amide bonds. The van der Waals surface area contributed by atoms with Gasteiger partial charge in [0, 0.05) is 18.5 Å². The Hall–Kier alpha value is -2.21. The van der Waals surface area contributed by atoms with Crippen molar-refractivity contribution in [3.63, 3.8) is 0 Å². The molecule has 5 nitrogen and oxygen atoms in total. The maximum Gasteiger partial charge on any atom is 0.145 e. The first-order chi connectivity index (χ1) is 10.1. The minimum Gasteiger partial charge on any atom is -0.370 e. The van der Waals surface area contributed by atoms with Gasteiger partial charge in [0.05, 0.1) is 0 Å². The summed E-state index contributed by atoms with van der Waals surface area (Å²) in [5.41, 5.74) is 3.48. The lowest BCUT2D eigenvalue weighted by Crippen LogP contribution is -2.14. The molecule has 0 aliphatic rings. The van der Waals surface area contributed by atoms with Crippen LogP contribution in [0.15, 0.2) is 30.3 Å². The van der Waals surface area contributed by atoms with E-state index in [1.54, 1.807) is 12.1 Å². The first-order valence-corrected chi connectivity index (χ1v) is 6.92. The van der Waals surface area contributed by atoms with Crippen LogP contribution in [-0.4, -0.2) is 16.5 Å². The molecule has 0 saturated carbocycles. The van der Waals surface area contributed by atoms with E-state index in [9.17, 15) is 4.39 Å². The van der Waals surface area contributed by atoms with Gasteiger partial charge in [0.2, 0.25) is 0 Å². The molecule has 1 aromatic heterocycles. The molecular formula is C15H20FN5. The van der Waals surface area contributed by atoms with Gasteiger partial charge in [-0.3, -0.25) is 0 Å². The fourth-order valence-corrected chi connectivity index (χ4v) is 1.92. The molecule has 0 saturated heterocycles. The van der Waals surface area contributed by atoms with Gasteiger partial charge >= 0.3 is 0 Å². The average Bonchev–Trinajstić information content (AvgIpc) is 2.47. The van der Waals surface area contributed by atoms with Gasteiger partial charge in [-0.15, -0.1) is 0 Å². The van der Waals surface area contributed by atoms with Crippen molar-refractivity contribution < 1.29 is 4.39 Å². The Morgan fingerprint density at radius 3 is 2.62 bits per heavy atom. The first kappa shape index (κ1) is 15.2. The summed E-state index contributed by atoms with van der Waals surface area (Å²) in [6.45, 7) is 4.69. The second kappa shape index (κ2) is 6.99. The minimum atomic E-state index is -0.216. The van der Waals surface area contributed by atoms with Crippen molar-refractivity contribution in [3.05, 3.63) is 47.5 Å². The topological polar surface area (TPSA) is 75.9 Å². The van der Waals surface area contributed by atoms with Crippen LogP contribution < -0.4 is 16.6 Å². The third-order valence-corrected chi connectivity index (χ3v) is 3.02. The number of nitrogens with one attached hydrogen (secondary N) is 2. The number of benzene rings is 1. The molecule has 4 N–H and O–H groups in total. The molecule has 1 heterocycles. The summed E-state index contributed by atoms with van der Waals surface area (Å²) in [6.07, 6.45) is 0.712. The lowest BCUT2D eigenvalue weighted by Gasteiger charge is -2.11. The van der Waals surface area contributed by atoms with E-state index in [2.05, 4.69) is 20.7 Å². The fraction of sp³-hybridized carbons (Fsp3) is 0.333. The molecule has 6 heteroatoms. The number of rotatable bonds is 6. The first-order valence-electron chi connectivity index (χ1n) is 6.92. The smallest absolute Gasteiger partial charge is 0.145 e. The van der Waals surface area contributed by atoms with Crippen molar-refractivity contribution in [1.29, 1.82) is 0 Å². The molecular weight excluding hydrogens is 269 g/mol. The number of anilines is 2. The van der Waals surface area contributed by atoms with Crippen LogP contribution in [-0.2, 0) is 6.42 Å². The van der Waals surface area contributed by atoms with Crippen LogP contribution in [0, 0.1) is 5.82 Å². The lowest BCUT2D eigenvalue weighted by atomic mass is 10.1. The average molecular weight is 289 g/mol. The van der Waals surface area contributed by atoms with Gasteiger partial charge in [0.1, 0.15) is 23.3 Å². The molecule has 112 valence electrons. The van der Waals surface area contributed by atoms with Crippen LogP contribution in [0.5, 0.6) is 0 Å². The monoisotopic (exact) mass is 289 g/mol. The van der Waals surface area contributed by atoms with Gasteiger partial charge in [-0.1, -0.05) is 26.0 Å². The molecule has 21 heavy (non-hydrogen) atoms. The van der Waals surface area contributed by atoms with Crippen LogP contribution in [0.2, 0.25) is 0 Å². The Morgan fingerprint density at radius 1 is 1.19 bits per heavy atom. The van der Waals surface area contributed by atoms with Gasteiger partial charge in [0.15, 0.2) is 0 Å². The molecule has 0 atom stereocenters. The van der Waals surface area contributed by atoms with E-state index in [4.69, 9.17) is 5.84 Å². The summed E-state index contributed by atoms with van der Waals surface area (Å²) < 4.78 is 13.1. The summed E-state index contributed by atoms with van der Waals surface area (Å²) in [7, 11) is 0. The lowest BCUT2D eigenvalue weighted by molar-refractivity contribution is 0.625. The normalized spacial score (nSPS) is 10.7. The highest BCUT2D eigenvalue weighted by Gasteiger charge is 2.07. The fourth-order valence-electron chi connectivity index (χ4n) is 1.92. The Kier molecular flexibility index (Phi) is 5.05. The third-order valence-electron chi connectivity index (χ3n) is 3.02. The van der Waals surface area contributed by atoms with Crippen LogP contribution in [0.4, 0.5) is 16.0 Å². The number of aromatic nitrogens is 2. The number of hydrogen-bond donors (Lipinski definition) is 3. The SMILES string of the molecule is CC(C)c1nc(NN)cc(NCCc2cccc(F)c2)n1. The Labute approximate surface area is 123 Å². The summed E-state index contributed by atoms with van der Waals surface area (Å²) in [4.78, 5) is 8.73. The number of nitrogen functional groups attached to an aromatic ring is 1. The van der Waals surface area contributed by atoms with E-state index in [1.807, 2.05) is 19.9 Å². The predicted octanol–water partition coefficient (Wildman–Crippen LogP) is 2.68. The quantitative estimate of drug-likeness (QED) is 0.563. The van der Waals surface area contributed by atoms with E-state index in [0.717, 1.165) is 11.4 Å². The standard InChI is InChI=1S/C15H20FN5/c1-10(2)15-19-13(9-14(20-15)21-17)18-7-6-11-4-3-5-12(16)8-11/h3-5,8-10H,6-7,17H2,1-2H3,(H2,18,19,20,21). The molecule has 2 aromatic rings. The van der Waals surface area contributed by atoms with Crippen molar-refractivity contribution in [1.82, 2.24) is 9.97 Å². The van der Waals surface area contributed by atoms with Crippen molar-refractivity contribution >= 4 is 11.6 Å². The van der Waals surface area contributed by atoms with E-state index < -0.39 is 0 Å². The number of nitrogens with two attached hydrogens (primary N) is 1. The molecule has 0 spiro atoms. The highest BCUT2D eigenvalue weighted by Crippen LogP contribution is 2.16. The summed E-state index contributed by atoms with van der Waals surface area (Å²) in [5, 5.41) is 3.21. The van der Waals surface area contributed by atoms with E-state index in [0.29, 0.717) is 24.6 Å². The second-order valence-electron chi connectivity index (χ2n) is 5.10. The maximum absolute atomic E-state index is 13.1. The molecule has 0 aliphatic carbocycles. The molecule has 0 unspecified atom stereocenters. The van der Waals surface area contributed by atoms with Crippen LogP contribution in [0.3, 0.4) is 0 Å². The van der Waals surface area contributed by atoms with Gasteiger partial charge in [-0.05, 0) is 24.1 Å². The van der Waals surface area contributed by atoms with E-state index in [-0.39, 0.29) is 11.7 Å². The molecule has 0 fully saturated rings. The van der Waals surface area contributed by atoms with Crippen LogP contribution in [0.1, 0.15) is 31.2 Å². The highest BCUT2D eigenvalue weighted by molar-refractivity contribution is 5.47. The van der Waals surface area contributed by atoms with Gasteiger partial charge < -0.3 is 10.7 Å². The van der Waals surface area contributed by atoms with Gasteiger partial charge in [-0.25, -0.2) is 20.2 Å². The zero-order chi connectivity index (χ0) is 15.2. The second-order valence-corrected chi connectivity index (χ2v) is 5.10. The minimum absolute atomic E-state index is 0.210. The zero-order valence-electron chi connectivity index (χ0n) is 12.2. The summed E-state index contributed by atoms with van der Waals surface area (Å²) in [6, 6.07) is 8.33. The van der Waals surface area contributed by atoms with Crippen molar-refractivity contribution in [3.8, 4) is 0 Å². The molecule has 0 radical (unpaired) electrons. The number of halogens is 1. The van der Waals surface area contributed by atoms with Crippen molar-refractivity contribution in [2.45, 2.75) is 26.2 Å². The molecule has 2 rings (SSSR count). The van der Waals surface area contributed by atoms with Gasteiger partial charge in [0.25, 0.3) is 0 Å². The van der Waals surface area contributed by atoms with E-state index >= 15 is 0 Å².